The van der Waals surface area contributed by atoms with Crippen molar-refractivity contribution in [2.24, 2.45) is 5.92 Å². The van der Waals surface area contributed by atoms with Crippen LogP contribution < -0.4 is 5.32 Å². The summed E-state index contributed by atoms with van der Waals surface area (Å²) >= 11 is 0. The summed E-state index contributed by atoms with van der Waals surface area (Å²) in [5, 5.41) is 3.10. The highest BCUT2D eigenvalue weighted by atomic mass is 16.2. The van der Waals surface area contributed by atoms with Crippen LogP contribution in [0.1, 0.15) is 42.7 Å². The lowest BCUT2D eigenvalue weighted by atomic mass is 9.91. The molecule has 136 valence electrons. The van der Waals surface area contributed by atoms with Gasteiger partial charge in [0.1, 0.15) is 5.82 Å². The van der Waals surface area contributed by atoms with Crippen molar-refractivity contribution < 1.29 is 4.79 Å². The van der Waals surface area contributed by atoms with Crippen molar-refractivity contribution in [1.29, 1.82) is 0 Å². The third-order valence-electron chi connectivity index (χ3n) is 5.08. The molecule has 2 atom stereocenters. The molecule has 1 amide bonds. The van der Waals surface area contributed by atoms with Crippen molar-refractivity contribution >= 4 is 5.91 Å². The van der Waals surface area contributed by atoms with Crippen molar-refractivity contribution in [1.82, 2.24) is 29.7 Å². The zero-order valence-corrected chi connectivity index (χ0v) is 15.5. The number of nitrogens with zero attached hydrogens (tertiary/aromatic N) is 4. The molecule has 3 heterocycles. The van der Waals surface area contributed by atoms with Crippen LogP contribution in [0.25, 0.3) is 0 Å². The van der Waals surface area contributed by atoms with Gasteiger partial charge in [0.15, 0.2) is 0 Å². The lowest BCUT2D eigenvalue weighted by molar-refractivity contribution is -0.125. The Kier molecular flexibility index (Phi) is 5.22. The number of carbonyl (C=O) groups is 1. The van der Waals surface area contributed by atoms with E-state index in [0.29, 0.717) is 6.54 Å². The summed E-state index contributed by atoms with van der Waals surface area (Å²) < 4.78 is 2.05. The maximum Gasteiger partial charge on any atom is 0.225 e. The van der Waals surface area contributed by atoms with E-state index < -0.39 is 0 Å². The zero-order valence-electron chi connectivity index (χ0n) is 15.5. The smallest absolute Gasteiger partial charge is 0.225 e. The summed E-state index contributed by atoms with van der Waals surface area (Å²) in [5.74, 6) is 1.15. The minimum Gasteiger partial charge on any atom is -0.350 e. The molecule has 0 aromatic carbocycles. The number of hydrogen-bond donors (Lipinski definition) is 2. The number of nitrogens with one attached hydrogen (secondary N) is 2. The largest absolute Gasteiger partial charge is 0.350 e. The lowest BCUT2D eigenvalue weighted by Gasteiger charge is -2.17. The predicted molar refractivity (Wildman–Crippen MR) is 96.2 cm³/mol. The monoisotopic (exact) mass is 344 g/mol. The Labute approximate surface area is 148 Å². The maximum absolute atomic E-state index is 12.9. The molecule has 7 heteroatoms. The Hall–Kier alpha value is -2.15. The molecule has 0 bridgehead atoms. The molecule has 25 heavy (non-hydrogen) atoms. The van der Waals surface area contributed by atoms with Gasteiger partial charge < -0.3 is 19.8 Å². The second-order valence-electron chi connectivity index (χ2n) is 6.87. The number of imidazole rings is 2. The third kappa shape index (κ3) is 3.61. The first-order chi connectivity index (χ1) is 12.0. The fourth-order valence-corrected chi connectivity index (χ4v) is 3.70. The highest BCUT2D eigenvalue weighted by Crippen LogP contribution is 2.33. The average Bonchev–Trinajstić information content (AvgIpc) is 3.30. The molecular formula is C18H28N6O. The number of aromatic nitrogens is 4. The number of carbonyl (C=O) groups excluding carboxylic acids is 1. The molecule has 0 radical (unpaired) electrons. The minimum atomic E-state index is -0.0743. The topological polar surface area (TPSA) is 78.8 Å². The zero-order chi connectivity index (χ0) is 18.0. The van der Waals surface area contributed by atoms with Crippen LogP contribution in [-0.2, 0) is 24.3 Å². The molecular weight excluding hydrogens is 316 g/mol. The summed E-state index contributed by atoms with van der Waals surface area (Å²) in [7, 11) is 2.06. The number of likely N-dealkylation sites (tertiary alicyclic amines) is 1. The van der Waals surface area contributed by atoms with Gasteiger partial charge in [-0.05, 0) is 20.9 Å². The van der Waals surface area contributed by atoms with Gasteiger partial charge in [-0.15, -0.1) is 0 Å². The van der Waals surface area contributed by atoms with Crippen molar-refractivity contribution in [2.75, 3.05) is 20.1 Å². The Morgan fingerprint density at radius 3 is 2.88 bits per heavy atom. The average molecular weight is 344 g/mol. The molecule has 1 fully saturated rings. The highest BCUT2D eigenvalue weighted by Gasteiger charge is 2.39. The summed E-state index contributed by atoms with van der Waals surface area (Å²) in [6, 6.07) is 0. The molecule has 1 aliphatic rings. The SMILES string of the molecule is CCc1nc([C@H]2CN(C)C[C@@H]2C(=O)NCc2cncn2CC)c(C)[nH]1. The van der Waals surface area contributed by atoms with Crippen LogP contribution in [0.4, 0.5) is 0 Å². The van der Waals surface area contributed by atoms with Gasteiger partial charge >= 0.3 is 0 Å². The number of rotatable bonds is 6. The number of H-pyrrole nitrogens is 1. The van der Waals surface area contributed by atoms with Gasteiger partial charge in [0.25, 0.3) is 0 Å². The molecule has 0 saturated carbocycles. The molecule has 7 nitrogen and oxygen atoms in total. The van der Waals surface area contributed by atoms with E-state index in [0.717, 1.165) is 49.0 Å². The summed E-state index contributed by atoms with van der Waals surface area (Å²) in [5.41, 5.74) is 3.15. The number of aromatic amines is 1. The van der Waals surface area contributed by atoms with Gasteiger partial charge in [0, 0.05) is 43.9 Å². The van der Waals surface area contributed by atoms with Crippen LogP contribution in [-0.4, -0.2) is 50.5 Å². The standard InChI is InChI=1S/C18H28N6O/c1-5-16-21-12(3)17(22-16)14-9-23(4)10-15(14)18(25)20-8-13-7-19-11-24(13)6-2/h7,11,14-15H,5-6,8-10H2,1-4H3,(H,20,25)(H,21,22)/t14-,15-/m0/s1. The van der Waals surface area contributed by atoms with Gasteiger partial charge in [-0.25, -0.2) is 9.97 Å². The fourth-order valence-electron chi connectivity index (χ4n) is 3.70. The molecule has 1 saturated heterocycles. The Bertz CT molecular complexity index is 734. The van der Waals surface area contributed by atoms with Crippen LogP contribution >= 0.6 is 0 Å². The van der Waals surface area contributed by atoms with Gasteiger partial charge in [0.2, 0.25) is 5.91 Å². The van der Waals surface area contributed by atoms with E-state index in [-0.39, 0.29) is 17.7 Å². The molecule has 0 spiro atoms. The summed E-state index contributed by atoms with van der Waals surface area (Å²) in [6.07, 6.45) is 4.49. The van der Waals surface area contributed by atoms with E-state index in [1.54, 1.807) is 6.33 Å². The number of hydrogen-bond acceptors (Lipinski definition) is 4. The first-order valence-electron chi connectivity index (χ1n) is 9.04. The maximum atomic E-state index is 12.9. The van der Waals surface area contributed by atoms with Crippen LogP contribution in [0, 0.1) is 12.8 Å². The predicted octanol–water partition coefficient (Wildman–Crippen LogP) is 1.46. The summed E-state index contributed by atoms with van der Waals surface area (Å²) in [6.45, 7) is 9.20. The fraction of sp³-hybridized carbons (Fsp3) is 0.611. The van der Waals surface area contributed by atoms with Gasteiger partial charge in [-0.3, -0.25) is 4.79 Å². The van der Waals surface area contributed by atoms with E-state index in [2.05, 4.69) is 48.0 Å². The Morgan fingerprint density at radius 2 is 2.20 bits per heavy atom. The molecule has 2 aromatic heterocycles. The van der Waals surface area contributed by atoms with Crippen LogP contribution in [0.2, 0.25) is 0 Å². The third-order valence-corrected chi connectivity index (χ3v) is 5.08. The van der Waals surface area contributed by atoms with Crippen molar-refractivity contribution in [3.05, 3.63) is 35.4 Å². The number of amides is 1. The molecule has 2 N–H and O–H groups in total. The Balaban J connectivity index is 1.72. The van der Waals surface area contributed by atoms with E-state index in [1.807, 2.05) is 10.8 Å². The van der Waals surface area contributed by atoms with E-state index in [1.165, 1.54) is 0 Å². The van der Waals surface area contributed by atoms with Crippen molar-refractivity contribution in [3.8, 4) is 0 Å². The van der Waals surface area contributed by atoms with Crippen molar-refractivity contribution in [2.45, 2.75) is 46.2 Å². The molecule has 3 rings (SSSR count). The van der Waals surface area contributed by atoms with E-state index >= 15 is 0 Å². The molecule has 2 aromatic rings. The lowest BCUT2D eigenvalue weighted by Crippen LogP contribution is -2.34. The summed E-state index contributed by atoms with van der Waals surface area (Å²) in [4.78, 5) is 27.3. The van der Waals surface area contributed by atoms with Crippen LogP contribution in [0.5, 0.6) is 0 Å². The van der Waals surface area contributed by atoms with Crippen LogP contribution in [0.15, 0.2) is 12.5 Å². The highest BCUT2D eigenvalue weighted by molar-refractivity contribution is 5.80. The number of aryl methyl sites for hydroxylation is 3. The second-order valence-corrected chi connectivity index (χ2v) is 6.87. The van der Waals surface area contributed by atoms with Gasteiger partial charge in [-0.2, -0.15) is 0 Å². The quantitative estimate of drug-likeness (QED) is 0.831. The minimum absolute atomic E-state index is 0.0743. The second kappa shape index (κ2) is 7.39. The van der Waals surface area contributed by atoms with Crippen LogP contribution in [0.3, 0.4) is 0 Å². The molecule has 0 aliphatic carbocycles. The van der Waals surface area contributed by atoms with E-state index in [9.17, 15) is 4.79 Å². The first kappa shape index (κ1) is 17.7. The normalized spacial score (nSPS) is 21.0. The first-order valence-corrected chi connectivity index (χ1v) is 9.04. The molecule has 1 aliphatic heterocycles. The van der Waals surface area contributed by atoms with Gasteiger partial charge in [-0.1, -0.05) is 6.92 Å². The molecule has 0 unspecified atom stereocenters. The van der Waals surface area contributed by atoms with E-state index in [4.69, 9.17) is 4.98 Å². The Morgan fingerprint density at radius 1 is 1.40 bits per heavy atom. The number of likely N-dealkylation sites (N-methyl/N-ethyl adjacent to an activating group) is 1. The van der Waals surface area contributed by atoms with Gasteiger partial charge in [0.05, 0.1) is 30.2 Å². The van der Waals surface area contributed by atoms with Crippen molar-refractivity contribution in [3.63, 3.8) is 0 Å².